The number of nitrogens with zero attached hydrogens (tertiary/aromatic N) is 2. The molecule has 1 rings (SSSR count). The zero-order valence-electron chi connectivity index (χ0n) is 13.7. The lowest BCUT2D eigenvalue weighted by Crippen LogP contribution is -1.92. The molecule has 2 atom stereocenters. The highest BCUT2D eigenvalue weighted by Crippen LogP contribution is 2.28. The number of hydrogen-bond donors (Lipinski definition) is 0. The molecule has 1 saturated heterocycles. The Morgan fingerprint density at radius 2 is 1.71 bits per heavy atom. The van der Waals surface area contributed by atoms with Gasteiger partial charge in [-0.05, 0) is 25.7 Å². The molecule has 120 valence electrons. The molecule has 0 aromatic heterocycles. The smallest absolute Gasteiger partial charge is 0.174 e. The van der Waals surface area contributed by atoms with E-state index in [1.54, 1.807) is 0 Å². The number of unbranched alkanes of at least 4 members (excludes halogenated alkanes) is 10. The van der Waals surface area contributed by atoms with E-state index in [4.69, 9.17) is 10.00 Å². The normalized spacial score (nSPS) is 20.8. The Bertz CT molecular complexity index is 309. The summed E-state index contributed by atoms with van der Waals surface area (Å²) in [7, 11) is 0. The molecule has 0 radical (unpaired) electrons. The first kappa shape index (κ1) is 18.2. The molecule has 0 aromatic carbocycles. The summed E-state index contributed by atoms with van der Waals surface area (Å²) in [5.74, 6) is 0. The van der Waals surface area contributed by atoms with Crippen molar-refractivity contribution in [3.63, 3.8) is 0 Å². The van der Waals surface area contributed by atoms with Gasteiger partial charge in [0, 0.05) is 12.6 Å². The van der Waals surface area contributed by atoms with E-state index in [1.807, 2.05) is 0 Å². The topological polar surface area (TPSA) is 48.7 Å². The Kier molecular flexibility index (Phi) is 11.1. The summed E-state index contributed by atoms with van der Waals surface area (Å²) in [6.07, 6.45) is 18.2. The summed E-state index contributed by atoms with van der Waals surface area (Å²) >= 11 is 0. The van der Waals surface area contributed by atoms with Gasteiger partial charge in [0.15, 0.2) is 6.23 Å². The van der Waals surface area contributed by atoms with Gasteiger partial charge in [-0.3, -0.25) is 4.99 Å². The van der Waals surface area contributed by atoms with Crippen LogP contribution in [0.15, 0.2) is 4.99 Å². The number of hydrogen-bond acceptors (Lipinski definition) is 3. The molecule has 0 spiro atoms. The molecule has 0 saturated carbocycles. The van der Waals surface area contributed by atoms with Gasteiger partial charge >= 0.3 is 0 Å². The van der Waals surface area contributed by atoms with Crippen molar-refractivity contribution in [3.05, 3.63) is 0 Å². The fourth-order valence-electron chi connectivity index (χ4n) is 2.57. The van der Waals surface area contributed by atoms with E-state index in [2.05, 4.69) is 24.2 Å². The van der Waals surface area contributed by atoms with Crippen LogP contribution in [0, 0.1) is 11.3 Å². The van der Waals surface area contributed by atoms with Crippen LogP contribution in [0.1, 0.15) is 90.4 Å². The standard InChI is InChI=1S/C18H32N2O/c1-2-3-4-5-10-13-16-20-18-17(21-18)14-11-8-6-7-9-12-15-19/h16-18H,2-14H2,1H3/b20-16+/t17-,18+/m1/s1. The van der Waals surface area contributed by atoms with Crippen molar-refractivity contribution in [2.75, 3.05) is 0 Å². The maximum Gasteiger partial charge on any atom is 0.174 e. The fourth-order valence-corrected chi connectivity index (χ4v) is 2.57. The van der Waals surface area contributed by atoms with Crippen molar-refractivity contribution in [3.8, 4) is 6.07 Å². The second-order valence-electron chi connectivity index (χ2n) is 6.06. The lowest BCUT2D eigenvalue weighted by molar-refractivity contribution is 0.361. The number of rotatable bonds is 14. The van der Waals surface area contributed by atoms with Crippen LogP contribution < -0.4 is 0 Å². The first-order chi connectivity index (χ1) is 10.4. The average Bonchev–Trinajstić information content (AvgIpc) is 3.24. The highest BCUT2D eigenvalue weighted by atomic mass is 16.6. The lowest BCUT2D eigenvalue weighted by Gasteiger charge is -1.97. The summed E-state index contributed by atoms with van der Waals surface area (Å²) < 4.78 is 5.57. The highest BCUT2D eigenvalue weighted by Gasteiger charge is 2.37. The van der Waals surface area contributed by atoms with E-state index < -0.39 is 0 Å². The van der Waals surface area contributed by atoms with Crippen LogP contribution in [-0.2, 0) is 4.74 Å². The first-order valence-corrected chi connectivity index (χ1v) is 8.92. The van der Waals surface area contributed by atoms with Gasteiger partial charge in [-0.1, -0.05) is 58.3 Å². The van der Waals surface area contributed by atoms with Crippen LogP contribution >= 0.6 is 0 Å². The minimum atomic E-state index is 0.166. The molecule has 0 aromatic rings. The van der Waals surface area contributed by atoms with E-state index in [-0.39, 0.29) is 6.23 Å². The van der Waals surface area contributed by atoms with E-state index in [9.17, 15) is 0 Å². The first-order valence-electron chi connectivity index (χ1n) is 8.92. The van der Waals surface area contributed by atoms with Crippen LogP contribution in [0.3, 0.4) is 0 Å². The van der Waals surface area contributed by atoms with Crippen LogP contribution in [0.5, 0.6) is 0 Å². The number of aliphatic imine (C=N–C) groups is 1. The van der Waals surface area contributed by atoms with E-state index in [0.29, 0.717) is 12.5 Å². The largest absolute Gasteiger partial charge is 0.346 e. The van der Waals surface area contributed by atoms with Gasteiger partial charge in [0.25, 0.3) is 0 Å². The van der Waals surface area contributed by atoms with Crippen molar-refractivity contribution >= 4 is 6.21 Å². The number of nitriles is 1. The van der Waals surface area contributed by atoms with E-state index in [0.717, 1.165) is 19.3 Å². The van der Waals surface area contributed by atoms with Crippen LogP contribution in [-0.4, -0.2) is 18.5 Å². The highest BCUT2D eigenvalue weighted by molar-refractivity contribution is 5.57. The zero-order valence-corrected chi connectivity index (χ0v) is 13.7. The Balaban J connectivity index is 1.82. The summed E-state index contributed by atoms with van der Waals surface area (Å²) in [5.41, 5.74) is 0. The monoisotopic (exact) mass is 292 g/mol. The van der Waals surface area contributed by atoms with Crippen molar-refractivity contribution < 1.29 is 4.74 Å². The summed E-state index contributed by atoms with van der Waals surface area (Å²) in [4.78, 5) is 4.49. The lowest BCUT2D eigenvalue weighted by atomic mass is 10.1. The van der Waals surface area contributed by atoms with Crippen molar-refractivity contribution in [1.82, 2.24) is 0 Å². The van der Waals surface area contributed by atoms with Gasteiger partial charge in [-0.25, -0.2) is 0 Å². The van der Waals surface area contributed by atoms with Gasteiger partial charge in [-0.2, -0.15) is 5.26 Å². The Morgan fingerprint density at radius 1 is 1.00 bits per heavy atom. The minimum Gasteiger partial charge on any atom is -0.346 e. The molecule has 0 unspecified atom stereocenters. The van der Waals surface area contributed by atoms with Crippen molar-refractivity contribution in [2.45, 2.75) is 103 Å². The predicted molar refractivity (Wildman–Crippen MR) is 88.5 cm³/mol. The minimum absolute atomic E-state index is 0.166. The van der Waals surface area contributed by atoms with Gasteiger partial charge in [0.1, 0.15) is 6.10 Å². The molecule has 3 nitrogen and oxygen atoms in total. The molecule has 0 bridgehead atoms. The molecule has 1 aliphatic rings. The molecular formula is C18H32N2O. The van der Waals surface area contributed by atoms with Gasteiger partial charge < -0.3 is 4.74 Å². The van der Waals surface area contributed by atoms with Crippen molar-refractivity contribution in [1.29, 1.82) is 5.26 Å². The summed E-state index contributed by atoms with van der Waals surface area (Å²) in [5, 5.41) is 8.44. The zero-order chi connectivity index (χ0) is 15.2. The Morgan fingerprint density at radius 3 is 2.52 bits per heavy atom. The second-order valence-corrected chi connectivity index (χ2v) is 6.06. The third-order valence-corrected chi connectivity index (χ3v) is 4.02. The second kappa shape index (κ2) is 12.8. The number of epoxide rings is 1. The number of ether oxygens (including phenoxy) is 1. The third kappa shape index (κ3) is 10.5. The molecule has 21 heavy (non-hydrogen) atoms. The van der Waals surface area contributed by atoms with E-state index >= 15 is 0 Å². The molecule has 3 heteroatoms. The quantitative estimate of drug-likeness (QED) is 0.244. The summed E-state index contributed by atoms with van der Waals surface area (Å²) in [6, 6.07) is 2.20. The van der Waals surface area contributed by atoms with Crippen LogP contribution in [0.4, 0.5) is 0 Å². The maximum atomic E-state index is 8.44. The molecule has 1 aliphatic heterocycles. The van der Waals surface area contributed by atoms with Gasteiger partial charge in [-0.15, -0.1) is 0 Å². The van der Waals surface area contributed by atoms with E-state index in [1.165, 1.54) is 57.8 Å². The van der Waals surface area contributed by atoms with Gasteiger partial charge in [0.2, 0.25) is 0 Å². The molecular weight excluding hydrogens is 260 g/mol. The molecule has 0 amide bonds. The Labute approximate surface area is 130 Å². The molecule has 1 heterocycles. The predicted octanol–water partition coefficient (Wildman–Crippen LogP) is 5.40. The molecule has 0 aliphatic carbocycles. The molecule has 1 fully saturated rings. The average molecular weight is 292 g/mol. The van der Waals surface area contributed by atoms with Gasteiger partial charge in [0.05, 0.1) is 6.07 Å². The maximum absolute atomic E-state index is 8.44. The summed E-state index contributed by atoms with van der Waals surface area (Å²) in [6.45, 7) is 2.25. The molecule has 0 N–H and O–H groups in total. The fraction of sp³-hybridized carbons (Fsp3) is 0.889. The third-order valence-electron chi connectivity index (χ3n) is 4.02. The van der Waals surface area contributed by atoms with Crippen LogP contribution in [0.25, 0.3) is 0 Å². The van der Waals surface area contributed by atoms with Crippen LogP contribution in [0.2, 0.25) is 0 Å². The SMILES string of the molecule is CCCCCCC/C=N/[C@H]1O[C@@H]1CCCCCCCC#N. The van der Waals surface area contributed by atoms with Crippen molar-refractivity contribution in [2.24, 2.45) is 4.99 Å². The Hall–Kier alpha value is -0.880.